The van der Waals surface area contributed by atoms with E-state index in [9.17, 15) is 0 Å². The van der Waals surface area contributed by atoms with Crippen LogP contribution >= 0.6 is 0 Å². The van der Waals surface area contributed by atoms with Gasteiger partial charge in [-0.05, 0) is 43.7 Å². The summed E-state index contributed by atoms with van der Waals surface area (Å²) in [5, 5.41) is 0. The number of nitrogens with zero attached hydrogens (tertiary/aromatic N) is 1. The fourth-order valence-electron chi connectivity index (χ4n) is 2.43. The molecule has 2 aliphatic rings. The molecule has 82 valence electrons. The second-order valence-corrected chi connectivity index (χ2v) is 5.69. The molecular formula is C12H23NO. The minimum Gasteiger partial charge on any atom is -0.381 e. The van der Waals surface area contributed by atoms with Crippen molar-refractivity contribution in [3.05, 3.63) is 0 Å². The van der Waals surface area contributed by atoms with Gasteiger partial charge in [0.25, 0.3) is 0 Å². The van der Waals surface area contributed by atoms with Crippen molar-refractivity contribution in [3.63, 3.8) is 0 Å². The Morgan fingerprint density at radius 3 is 2.57 bits per heavy atom. The highest BCUT2D eigenvalue weighted by molar-refractivity contribution is 4.80. The van der Waals surface area contributed by atoms with Crippen LogP contribution in [0.5, 0.6) is 0 Å². The van der Waals surface area contributed by atoms with Crippen LogP contribution in [-0.4, -0.2) is 37.7 Å². The molecule has 0 N–H and O–H groups in total. The minimum atomic E-state index is 0.586. The van der Waals surface area contributed by atoms with Gasteiger partial charge >= 0.3 is 0 Å². The molecule has 0 bridgehead atoms. The molecule has 0 aromatic heterocycles. The molecule has 0 aromatic carbocycles. The molecule has 0 spiro atoms. The van der Waals surface area contributed by atoms with E-state index in [0.29, 0.717) is 5.41 Å². The van der Waals surface area contributed by atoms with Crippen molar-refractivity contribution in [1.29, 1.82) is 0 Å². The molecule has 0 aromatic rings. The molecule has 2 aliphatic heterocycles. The molecule has 0 radical (unpaired) electrons. The summed E-state index contributed by atoms with van der Waals surface area (Å²) in [6.45, 7) is 10.6. The number of likely N-dealkylation sites (tertiary alicyclic amines) is 1. The molecule has 2 nitrogen and oxygen atoms in total. The third-order valence-electron chi connectivity index (χ3n) is 3.75. The zero-order chi connectivity index (χ0) is 10.0. The average molecular weight is 197 g/mol. The van der Waals surface area contributed by atoms with Gasteiger partial charge in [0.2, 0.25) is 0 Å². The Morgan fingerprint density at radius 2 is 2.00 bits per heavy atom. The van der Waals surface area contributed by atoms with Gasteiger partial charge in [-0.2, -0.15) is 0 Å². The van der Waals surface area contributed by atoms with E-state index in [2.05, 4.69) is 18.7 Å². The molecule has 1 unspecified atom stereocenters. The van der Waals surface area contributed by atoms with E-state index in [1.807, 2.05) is 0 Å². The standard InChI is InChI=1S/C12H23NO/c1-12(2)4-6-13(7-5-12)9-11-3-8-14-10-11/h11H,3-10H2,1-2H3. The number of ether oxygens (including phenoxy) is 1. The highest BCUT2D eigenvalue weighted by atomic mass is 16.5. The first-order valence-electron chi connectivity index (χ1n) is 5.96. The Labute approximate surface area is 87.6 Å². The lowest BCUT2D eigenvalue weighted by Gasteiger charge is -2.37. The molecule has 2 fully saturated rings. The molecule has 0 aliphatic carbocycles. The van der Waals surface area contributed by atoms with Crippen LogP contribution in [0.15, 0.2) is 0 Å². The summed E-state index contributed by atoms with van der Waals surface area (Å²) in [7, 11) is 0. The lowest BCUT2D eigenvalue weighted by Crippen LogP contribution is -2.40. The van der Waals surface area contributed by atoms with Crippen molar-refractivity contribution >= 4 is 0 Å². The lowest BCUT2D eigenvalue weighted by atomic mass is 9.82. The first kappa shape index (κ1) is 10.4. The third-order valence-corrected chi connectivity index (χ3v) is 3.75. The van der Waals surface area contributed by atoms with Crippen molar-refractivity contribution in [2.75, 3.05) is 32.8 Å². The summed E-state index contributed by atoms with van der Waals surface area (Å²) in [6, 6.07) is 0. The molecule has 0 saturated carbocycles. The average Bonchev–Trinajstić information content (AvgIpc) is 2.61. The fourth-order valence-corrected chi connectivity index (χ4v) is 2.43. The van der Waals surface area contributed by atoms with Crippen molar-refractivity contribution in [2.45, 2.75) is 33.1 Å². The summed E-state index contributed by atoms with van der Waals surface area (Å²) < 4.78 is 5.41. The molecular weight excluding hydrogens is 174 g/mol. The summed E-state index contributed by atoms with van der Waals surface area (Å²) in [4.78, 5) is 2.63. The highest BCUT2D eigenvalue weighted by Gasteiger charge is 2.27. The van der Waals surface area contributed by atoms with Crippen LogP contribution in [0.2, 0.25) is 0 Å². The van der Waals surface area contributed by atoms with Gasteiger partial charge in [0.1, 0.15) is 0 Å². The van der Waals surface area contributed by atoms with Crippen LogP contribution in [0.25, 0.3) is 0 Å². The Kier molecular flexibility index (Phi) is 3.13. The second kappa shape index (κ2) is 4.19. The summed E-state index contributed by atoms with van der Waals surface area (Å²) in [6.07, 6.45) is 4.00. The van der Waals surface area contributed by atoms with Gasteiger partial charge in [0.15, 0.2) is 0 Å². The zero-order valence-corrected chi connectivity index (χ0v) is 9.59. The monoisotopic (exact) mass is 197 g/mol. The fraction of sp³-hybridized carbons (Fsp3) is 1.00. The number of rotatable bonds is 2. The quantitative estimate of drug-likeness (QED) is 0.672. The smallest absolute Gasteiger partial charge is 0.0507 e. The van der Waals surface area contributed by atoms with Crippen LogP contribution in [0, 0.1) is 11.3 Å². The van der Waals surface area contributed by atoms with E-state index >= 15 is 0 Å². The Hall–Kier alpha value is -0.0800. The highest BCUT2D eigenvalue weighted by Crippen LogP contribution is 2.30. The molecule has 0 amide bonds. The van der Waals surface area contributed by atoms with E-state index in [4.69, 9.17) is 4.74 Å². The number of piperidine rings is 1. The summed E-state index contributed by atoms with van der Waals surface area (Å²) >= 11 is 0. The zero-order valence-electron chi connectivity index (χ0n) is 9.59. The van der Waals surface area contributed by atoms with E-state index in [0.717, 1.165) is 19.1 Å². The first-order chi connectivity index (χ1) is 6.66. The van der Waals surface area contributed by atoms with Crippen LogP contribution in [0.3, 0.4) is 0 Å². The number of hydrogen-bond donors (Lipinski definition) is 0. The van der Waals surface area contributed by atoms with E-state index in [1.165, 1.54) is 38.9 Å². The van der Waals surface area contributed by atoms with Gasteiger partial charge in [0, 0.05) is 13.2 Å². The van der Waals surface area contributed by atoms with Crippen molar-refractivity contribution in [1.82, 2.24) is 4.90 Å². The maximum atomic E-state index is 5.41. The summed E-state index contributed by atoms with van der Waals surface area (Å²) in [5.74, 6) is 0.816. The van der Waals surface area contributed by atoms with E-state index in [-0.39, 0.29) is 0 Å². The van der Waals surface area contributed by atoms with Gasteiger partial charge in [-0.25, -0.2) is 0 Å². The predicted octanol–water partition coefficient (Wildman–Crippen LogP) is 2.14. The van der Waals surface area contributed by atoms with Crippen LogP contribution in [0.4, 0.5) is 0 Å². The Balaban J connectivity index is 1.72. The van der Waals surface area contributed by atoms with Crippen LogP contribution in [-0.2, 0) is 4.74 Å². The SMILES string of the molecule is CC1(C)CCN(CC2CCOC2)CC1. The van der Waals surface area contributed by atoms with Gasteiger partial charge < -0.3 is 9.64 Å². The van der Waals surface area contributed by atoms with Crippen molar-refractivity contribution < 1.29 is 4.74 Å². The predicted molar refractivity (Wildman–Crippen MR) is 58.4 cm³/mol. The topological polar surface area (TPSA) is 12.5 Å². The minimum absolute atomic E-state index is 0.586. The second-order valence-electron chi connectivity index (χ2n) is 5.69. The van der Waals surface area contributed by atoms with Gasteiger partial charge in [-0.1, -0.05) is 13.8 Å². The maximum Gasteiger partial charge on any atom is 0.0507 e. The Bertz CT molecular complexity index is 175. The van der Waals surface area contributed by atoms with Crippen molar-refractivity contribution in [3.8, 4) is 0 Å². The summed E-state index contributed by atoms with van der Waals surface area (Å²) in [5.41, 5.74) is 0.586. The molecule has 2 heterocycles. The molecule has 2 heteroatoms. The molecule has 2 saturated heterocycles. The number of hydrogen-bond acceptors (Lipinski definition) is 2. The van der Waals surface area contributed by atoms with Crippen LogP contribution < -0.4 is 0 Å². The first-order valence-corrected chi connectivity index (χ1v) is 5.96. The van der Waals surface area contributed by atoms with E-state index < -0.39 is 0 Å². The van der Waals surface area contributed by atoms with Gasteiger partial charge in [-0.3, -0.25) is 0 Å². The Morgan fingerprint density at radius 1 is 1.29 bits per heavy atom. The largest absolute Gasteiger partial charge is 0.381 e. The molecule has 1 atom stereocenters. The van der Waals surface area contributed by atoms with Gasteiger partial charge in [0.05, 0.1) is 6.61 Å². The normalized spacial score (nSPS) is 33.4. The lowest BCUT2D eigenvalue weighted by molar-refractivity contribution is 0.109. The van der Waals surface area contributed by atoms with E-state index in [1.54, 1.807) is 0 Å². The maximum absolute atomic E-state index is 5.41. The molecule has 14 heavy (non-hydrogen) atoms. The third kappa shape index (κ3) is 2.71. The van der Waals surface area contributed by atoms with Crippen molar-refractivity contribution in [2.24, 2.45) is 11.3 Å². The van der Waals surface area contributed by atoms with Crippen LogP contribution in [0.1, 0.15) is 33.1 Å². The molecule has 2 rings (SSSR count). The van der Waals surface area contributed by atoms with Gasteiger partial charge in [-0.15, -0.1) is 0 Å².